The Hall–Kier alpha value is -0.290. The zero-order valence-electron chi connectivity index (χ0n) is 10.7. The number of halogens is 3. The molecule has 0 spiro atoms. The number of nitrogens with two attached hydrogens (primary N) is 1. The van der Waals surface area contributed by atoms with Gasteiger partial charge in [-0.15, -0.1) is 0 Å². The highest BCUT2D eigenvalue weighted by atomic mass is 19.4. The van der Waals surface area contributed by atoms with Crippen LogP contribution in [0.4, 0.5) is 13.2 Å². The largest absolute Gasteiger partial charge is 0.389 e. The van der Waals surface area contributed by atoms with Crippen molar-refractivity contribution in [3.63, 3.8) is 0 Å². The van der Waals surface area contributed by atoms with Crippen LogP contribution in [0.2, 0.25) is 0 Å². The van der Waals surface area contributed by atoms with E-state index in [2.05, 4.69) is 5.32 Å². The molecule has 4 atom stereocenters. The number of fused-ring (bicyclic) bond motifs is 2. The van der Waals surface area contributed by atoms with Gasteiger partial charge >= 0.3 is 6.18 Å². The fraction of sp³-hybridized carbons (Fsp3) is 1.00. The Morgan fingerprint density at radius 3 is 2.44 bits per heavy atom. The van der Waals surface area contributed by atoms with Crippen LogP contribution >= 0.6 is 0 Å². The molecule has 0 amide bonds. The molecule has 2 fully saturated rings. The Balaban J connectivity index is 1.54. The second-order valence-corrected chi connectivity index (χ2v) is 5.85. The maximum Gasteiger partial charge on any atom is 0.389 e. The third kappa shape index (κ3) is 3.60. The fourth-order valence-electron chi connectivity index (χ4n) is 3.60. The standard InChI is InChI=1S/C13H23F3N2/c14-13(15,16)5-1-2-6-18-8-11-9-3-4-10(7-9)12(11)17/h9-12,18H,1-8,17H2. The highest BCUT2D eigenvalue weighted by Crippen LogP contribution is 2.47. The molecule has 2 aliphatic rings. The summed E-state index contributed by atoms with van der Waals surface area (Å²) in [6.07, 6.45) is -0.0294. The number of rotatable bonds is 6. The minimum Gasteiger partial charge on any atom is -0.327 e. The van der Waals surface area contributed by atoms with Crippen molar-refractivity contribution in [2.75, 3.05) is 13.1 Å². The highest BCUT2D eigenvalue weighted by Gasteiger charge is 2.45. The van der Waals surface area contributed by atoms with Crippen LogP contribution in [0, 0.1) is 17.8 Å². The van der Waals surface area contributed by atoms with Crippen molar-refractivity contribution >= 4 is 0 Å². The molecule has 0 aromatic carbocycles. The van der Waals surface area contributed by atoms with E-state index in [0.29, 0.717) is 30.8 Å². The van der Waals surface area contributed by atoms with Gasteiger partial charge in [-0.25, -0.2) is 0 Å². The van der Waals surface area contributed by atoms with Crippen LogP contribution < -0.4 is 11.1 Å². The van der Waals surface area contributed by atoms with Gasteiger partial charge in [-0.05, 0) is 62.9 Å². The summed E-state index contributed by atoms with van der Waals surface area (Å²) in [5.74, 6) is 2.01. The van der Waals surface area contributed by atoms with Gasteiger partial charge in [0.25, 0.3) is 0 Å². The maximum atomic E-state index is 11.9. The van der Waals surface area contributed by atoms with Crippen LogP contribution in [0.3, 0.4) is 0 Å². The number of hydrogen-bond donors (Lipinski definition) is 2. The summed E-state index contributed by atoms with van der Waals surface area (Å²) in [5.41, 5.74) is 6.17. The van der Waals surface area contributed by atoms with E-state index >= 15 is 0 Å². The number of hydrogen-bond acceptors (Lipinski definition) is 2. The quantitative estimate of drug-likeness (QED) is 0.724. The molecular weight excluding hydrogens is 241 g/mol. The van der Waals surface area contributed by atoms with Gasteiger partial charge < -0.3 is 11.1 Å². The Labute approximate surface area is 106 Å². The van der Waals surface area contributed by atoms with Crippen LogP contribution in [-0.2, 0) is 0 Å². The molecule has 18 heavy (non-hydrogen) atoms. The lowest BCUT2D eigenvalue weighted by Crippen LogP contribution is -2.41. The molecule has 0 aromatic heterocycles. The van der Waals surface area contributed by atoms with Crippen LogP contribution in [0.1, 0.15) is 38.5 Å². The van der Waals surface area contributed by atoms with Crippen molar-refractivity contribution in [3.05, 3.63) is 0 Å². The average molecular weight is 264 g/mol. The minimum atomic E-state index is -4.01. The molecule has 0 aromatic rings. The van der Waals surface area contributed by atoms with Crippen molar-refractivity contribution in [3.8, 4) is 0 Å². The van der Waals surface area contributed by atoms with Crippen molar-refractivity contribution in [2.45, 2.75) is 50.7 Å². The second kappa shape index (κ2) is 5.78. The lowest BCUT2D eigenvalue weighted by Gasteiger charge is -2.28. The molecular formula is C13H23F3N2. The van der Waals surface area contributed by atoms with Crippen LogP contribution in [0.15, 0.2) is 0 Å². The molecule has 0 radical (unpaired) electrons. The van der Waals surface area contributed by atoms with Crippen LogP contribution in [-0.4, -0.2) is 25.3 Å². The Kier molecular flexibility index (Phi) is 4.54. The summed E-state index contributed by atoms with van der Waals surface area (Å²) >= 11 is 0. The summed E-state index contributed by atoms with van der Waals surface area (Å²) in [6, 6.07) is 0.312. The molecule has 5 heteroatoms. The maximum absolute atomic E-state index is 11.9. The Morgan fingerprint density at radius 1 is 1.11 bits per heavy atom. The normalized spacial score (nSPS) is 35.3. The molecule has 0 saturated heterocycles. The van der Waals surface area contributed by atoms with E-state index < -0.39 is 12.6 Å². The second-order valence-electron chi connectivity index (χ2n) is 5.85. The lowest BCUT2D eigenvalue weighted by molar-refractivity contribution is -0.135. The zero-order valence-corrected chi connectivity index (χ0v) is 10.7. The first-order chi connectivity index (χ1) is 8.47. The van der Waals surface area contributed by atoms with Gasteiger partial charge in [-0.1, -0.05) is 0 Å². The lowest BCUT2D eigenvalue weighted by atomic mass is 9.85. The summed E-state index contributed by atoms with van der Waals surface area (Å²) in [5, 5.41) is 3.28. The average Bonchev–Trinajstić information content (AvgIpc) is 2.84. The molecule has 2 saturated carbocycles. The molecule has 2 aliphatic carbocycles. The molecule has 4 unspecified atom stereocenters. The van der Waals surface area contributed by atoms with Gasteiger partial charge in [0, 0.05) is 12.5 Å². The summed E-state index contributed by atoms with van der Waals surface area (Å²) < 4.78 is 35.8. The van der Waals surface area contributed by atoms with Crippen molar-refractivity contribution < 1.29 is 13.2 Å². The predicted octanol–water partition coefficient (Wildman–Crippen LogP) is 2.68. The van der Waals surface area contributed by atoms with Gasteiger partial charge in [0.15, 0.2) is 0 Å². The van der Waals surface area contributed by atoms with E-state index in [1.807, 2.05) is 0 Å². The summed E-state index contributed by atoms with van der Waals surface area (Å²) in [4.78, 5) is 0. The zero-order chi connectivity index (χ0) is 13.2. The topological polar surface area (TPSA) is 38.0 Å². The van der Waals surface area contributed by atoms with Gasteiger partial charge in [-0.3, -0.25) is 0 Å². The van der Waals surface area contributed by atoms with E-state index in [1.54, 1.807) is 0 Å². The molecule has 106 valence electrons. The van der Waals surface area contributed by atoms with Gasteiger partial charge in [0.1, 0.15) is 0 Å². The van der Waals surface area contributed by atoms with Gasteiger partial charge in [0.05, 0.1) is 0 Å². The Bertz CT molecular complexity index is 265. The number of nitrogens with one attached hydrogen (secondary N) is 1. The highest BCUT2D eigenvalue weighted by molar-refractivity contribution is 4.99. The van der Waals surface area contributed by atoms with E-state index in [4.69, 9.17) is 5.73 Å². The molecule has 0 heterocycles. The first kappa shape index (κ1) is 14.1. The molecule has 2 rings (SSSR count). The molecule has 0 aliphatic heterocycles. The van der Waals surface area contributed by atoms with E-state index in [-0.39, 0.29) is 6.42 Å². The molecule has 2 nitrogen and oxygen atoms in total. The minimum absolute atomic E-state index is 0.222. The van der Waals surface area contributed by atoms with Gasteiger partial charge in [-0.2, -0.15) is 13.2 Å². The number of alkyl halides is 3. The smallest absolute Gasteiger partial charge is 0.327 e. The fourth-order valence-corrected chi connectivity index (χ4v) is 3.60. The van der Waals surface area contributed by atoms with Gasteiger partial charge in [0.2, 0.25) is 0 Å². The SMILES string of the molecule is NC1C2CCC(C2)C1CNCCCCC(F)(F)F. The first-order valence-corrected chi connectivity index (χ1v) is 7.00. The van der Waals surface area contributed by atoms with Crippen molar-refractivity contribution in [2.24, 2.45) is 23.5 Å². The number of unbranched alkanes of at least 4 members (excludes halogenated alkanes) is 1. The Morgan fingerprint density at radius 2 is 1.83 bits per heavy atom. The van der Waals surface area contributed by atoms with Crippen LogP contribution in [0.25, 0.3) is 0 Å². The summed E-state index contributed by atoms with van der Waals surface area (Å²) in [6.45, 7) is 1.56. The third-order valence-electron chi connectivity index (χ3n) is 4.60. The molecule has 2 bridgehead atoms. The van der Waals surface area contributed by atoms with E-state index in [9.17, 15) is 13.2 Å². The van der Waals surface area contributed by atoms with Crippen molar-refractivity contribution in [1.29, 1.82) is 0 Å². The third-order valence-corrected chi connectivity index (χ3v) is 4.60. The molecule has 3 N–H and O–H groups in total. The van der Waals surface area contributed by atoms with Crippen LogP contribution in [0.5, 0.6) is 0 Å². The van der Waals surface area contributed by atoms with Crippen molar-refractivity contribution in [1.82, 2.24) is 5.32 Å². The predicted molar refractivity (Wildman–Crippen MR) is 65.1 cm³/mol. The first-order valence-electron chi connectivity index (χ1n) is 7.00. The summed E-state index contributed by atoms with van der Waals surface area (Å²) in [7, 11) is 0. The van der Waals surface area contributed by atoms with E-state index in [0.717, 1.165) is 12.5 Å². The monoisotopic (exact) mass is 264 g/mol. The van der Waals surface area contributed by atoms with E-state index in [1.165, 1.54) is 19.3 Å².